The smallest absolute Gasteiger partial charge is 0.239 e. The minimum atomic E-state index is 0.00831. The topological polar surface area (TPSA) is 75.9 Å². The quantitative estimate of drug-likeness (QED) is 0.922. The number of hydrogen-bond donors (Lipinski definition) is 1. The van der Waals surface area contributed by atoms with Gasteiger partial charge in [0.1, 0.15) is 11.6 Å². The minimum absolute atomic E-state index is 0.00831. The van der Waals surface area contributed by atoms with Gasteiger partial charge in [-0.1, -0.05) is 12.8 Å². The van der Waals surface area contributed by atoms with Gasteiger partial charge in [0.05, 0.1) is 24.5 Å². The summed E-state index contributed by atoms with van der Waals surface area (Å²) in [7, 11) is 0. The number of carbonyl (C=O) groups excluding carboxylic acids is 1. The molecular formula is C18H24N6O. The van der Waals surface area contributed by atoms with Crippen LogP contribution in [0.3, 0.4) is 0 Å². The van der Waals surface area contributed by atoms with E-state index in [1.807, 2.05) is 23.9 Å². The summed E-state index contributed by atoms with van der Waals surface area (Å²) in [4.78, 5) is 23.4. The highest BCUT2D eigenvalue weighted by Crippen LogP contribution is 2.31. The molecule has 1 aliphatic heterocycles. The summed E-state index contributed by atoms with van der Waals surface area (Å²) in [5, 5.41) is 7.45. The SMILES string of the molecule is Cc1ncc2c(n1)CN(CC(=O)Nc1ccnn1C1CCCC1)CC2. The number of rotatable bonds is 4. The third-order valence-electron chi connectivity index (χ3n) is 5.12. The van der Waals surface area contributed by atoms with Crippen molar-refractivity contribution in [3.63, 3.8) is 0 Å². The lowest BCUT2D eigenvalue weighted by Crippen LogP contribution is -2.38. The van der Waals surface area contributed by atoms with Crippen molar-refractivity contribution in [2.24, 2.45) is 0 Å². The van der Waals surface area contributed by atoms with Crippen molar-refractivity contribution in [3.05, 3.63) is 35.5 Å². The van der Waals surface area contributed by atoms with Gasteiger partial charge >= 0.3 is 0 Å². The molecule has 132 valence electrons. The second-order valence-electron chi connectivity index (χ2n) is 7.00. The van der Waals surface area contributed by atoms with Crippen LogP contribution in [0.1, 0.15) is 48.8 Å². The molecule has 0 radical (unpaired) electrons. The van der Waals surface area contributed by atoms with E-state index in [-0.39, 0.29) is 5.91 Å². The van der Waals surface area contributed by atoms with Crippen LogP contribution in [-0.2, 0) is 17.8 Å². The molecule has 1 aliphatic carbocycles. The molecule has 7 nitrogen and oxygen atoms in total. The number of nitrogens with one attached hydrogen (secondary N) is 1. The van der Waals surface area contributed by atoms with Gasteiger partial charge in [-0.15, -0.1) is 0 Å². The Labute approximate surface area is 147 Å². The van der Waals surface area contributed by atoms with E-state index in [0.29, 0.717) is 19.1 Å². The van der Waals surface area contributed by atoms with Crippen LogP contribution in [0.5, 0.6) is 0 Å². The van der Waals surface area contributed by atoms with Gasteiger partial charge in [0.25, 0.3) is 0 Å². The summed E-state index contributed by atoms with van der Waals surface area (Å²) in [6, 6.07) is 2.31. The highest BCUT2D eigenvalue weighted by molar-refractivity contribution is 5.91. The van der Waals surface area contributed by atoms with Crippen LogP contribution in [0.15, 0.2) is 18.5 Å². The van der Waals surface area contributed by atoms with Crippen molar-refractivity contribution in [1.82, 2.24) is 24.6 Å². The zero-order chi connectivity index (χ0) is 17.2. The molecule has 7 heteroatoms. The molecule has 0 aromatic carbocycles. The fourth-order valence-corrected chi connectivity index (χ4v) is 3.83. The summed E-state index contributed by atoms with van der Waals surface area (Å²) < 4.78 is 1.98. The molecular weight excluding hydrogens is 316 g/mol. The lowest BCUT2D eigenvalue weighted by molar-refractivity contribution is -0.117. The van der Waals surface area contributed by atoms with Gasteiger partial charge in [0.2, 0.25) is 5.91 Å². The van der Waals surface area contributed by atoms with Crippen LogP contribution in [-0.4, -0.2) is 43.6 Å². The number of aryl methyl sites for hydroxylation is 1. The van der Waals surface area contributed by atoms with E-state index in [1.165, 1.54) is 18.4 Å². The second-order valence-corrected chi connectivity index (χ2v) is 7.00. The molecule has 25 heavy (non-hydrogen) atoms. The van der Waals surface area contributed by atoms with Crippen LogP contribution in [0, 0.1) is 6.92 Å². The van der Waals surface area contributed by atoms with Crippen molar-refractivity contribution < 1.29 is 4.79 Å². The number of hydrogen-bond acceptors (Lipinski definition) is 5. The maximum absolute atomic E-state index is 12.5. The molecule has 1 amide bonds. The van der Waals surface area contributed by atoms with E-state index in [4.69, 9.17) is 0 Å². The maximum Gasteiger partial charge on any atom is 0.239 e. The van der Waals surface area contributed by atoms with Crippen molar-refractivity contribution in [2.75, 3.05) is 18.4 Å². The van der Waals surface area contributed by atoms with Crippen molar-refractivity contribution in [3.8, 4) is 0 Å². The Morgan fingerprint density at radius 1 is 1.36 bits per heavy atom. The third kappa shape index (κ3) is 3.56. The molecule has 1 fully saturated rings. The molecule has 1 N–H and O–H groups in total. The Balaban J connectivity index is 1.38. The second kappa shape index (κ2) is 6.92. The predicted octanol–water partition coefficient (Wildman–Crippen LogP) is 2.09. The Morgan fingerprint density at radius 2 is 2.20 bits per heavy atom. The summed E-state index contributed by atoms with van der Waals surface area (Å²) in [5.74, 6) is 1.60. The molecule has 0 unspecified atom stereocenters. The Kier molecular flexibility index (Phi) is 4.48. The molecule has 2 aliphatic rings. The average Bonchev–Trinajstić information content (AvgIpc) is 3.25. The first kappa shape index (κ1) is 16.2. The van der Waals surface area contributed by atoms with Gasteiger partial charge in [-0.2, -0.15) is 5.10 Å². The summed E-state index contributed by atoms with van der Waals surface area (Å²) in [5.41, 5.74) is 2.24. The van der Waals surface area contributed by atoms with Gasteiger partial charge in [-0.05, 0) is 31.7 Å². The number of carbonyl (C=O) groups is 1. The molecule has 0 spiro atoms. The number of amides is 1. The van der Waals surface area contributed by atoms with Crippen LogP contribution < -0.4 is 5.32 Å². The fourth-order valence-electron chi connectivity index (χ4n) is 3.83. The number of anilines is 1. The minimum Gasteiger partial charge on any atom is -0.310 e. The van der Waals surface area contributed by atoms with E-state index in [2.05, 4.69) is 25.3 Å². The van der Waals surface area contributed by atoms with Gasteiger partial charge in [0, 0.05) is 25.4 Å². The highest BCUT2D eigenvalue weighted by Gasteiger charge is 2.23. The van der Waals surface area contributed by atoms with Gasteiger partial charge in [-0.25, -0.2) is 14.6 Å². The van der Waals surface area contributed by atoms with E-state index < -0.39 is 0 Å². The molecule has 2 aromatic heterocycles. The van der Waals surface area contributed by atoms with Crippen LogP contribution in [0.2, 0.25) is 0 Å². The number of nitrogens with zero attached hydrogens (tertiary/aromatic N) is 5. The molecule has 0 bridgehead atoms. The van der Waals surface area contributed by atoms with Crippen LogP contribution in [0.25, 0.3) is 0 Å². The van der Waals surface area contributed by atoms with Gasteiger partial charge in [0.15, 0.2) is 0 Å². The first-order valence-corrected chi connectivity index (χ1v) is 9.06. The van der Waals surface area contributed by atoms with E-state index >= 15 is 0 Å². The summed E-state index contributed by atoms with van der Waals surface area (Å²) in [6.07, 6.45) is 9.35. The van der Waals surface area contributed by atoms with E-state index in [0.717, 1.165) is 43.1 Å². The summed E-state index contributed by atoms with van der Waals surface area (Å²) in [6.45, 7) is 3.83. The number of fused-ring (bicyclic) bond motifs is 1. The first-order chi connectivity index (χ1) is 12.2. The van der Waals surface area contributed by atoms with Crippen LogP contribution in [0.4, 0.5) is 5.82 Å². The van der Waals surface area contributed by atoms with Gasteiger partial charge in [-0.3, -0.25) is 9.69 Å². The van der Waals surface area contributed by atoms with Gasteiger partial charge < -0.3 is 5.32 Å². The molecule has 1 saturated carbocycles. The molecule has 2 aromatic rings. The van der Waals surface area contributed by atoms with Crippen molar-refractivity contribution in [2.45, 2.75) is 51.6 Å². The zero-order valence-corrected chi connectivity index (χ0v) is 14.6. The molecule has 0 atom stereocenters. The monoisotopic (exact) mass is 340 g/mol. The largest absolute Gasteiger partial charge is 0.310 e. The fraction of sp³-hybridized carbons (Fsp3) is 0.556. The Morgan fingerprint density at radius 3 is 3.04 bits per heavy atom. The van der Waals surface area contributed by atoms with Crippen LogP contribution >= 0.6 is 0 Å². The van der Waals surface area contributed by atoms with Crippen molar-refractivity contribution >= 4 is 11.7 Å². The standard InChI is InChI=1S/C18H24N6O/c1-13-19-10-14-7-9-23(11-16(14)21-13)12-18(25)22-17-6-8-20-24(17)15-4-2-3-5-15/h6,8,10,15H,2-5,7,9,11-12H2,1H3,(H,22,25). The first-order valence-electron chi connectivity index (χ1n) is 9.06. The molecule has 0 saturated heterocycles. The Hall–Kier alpha value is -2.28. The highest BCUT2D eigenvalue weighted by atomic mass is 16.2. The lowest BCUT2D eigenvalue weighted by atomic mass is 10.1. The predicted molar refractivity (Wildman–Crippen MR) is 94.1 cm³/mol. The maximum atomic E-state index is 12.5. The van der Waals surface area contributed by atoms with E-state index in [1.54, 1.807) is 6.20 Å². The zero-order valence-electron chi connectivity index (χ0n) is 14.6. The lowest BCUT2D eigenvalue weighted by Gasteiger charge is -2.27. The summed E-state index contributed by atoms with van der Waals surface area (Å²) >= 11 is 0. The molecule has 4 rings (SSSR count). The van der Waals surface area contributed by atoms with Crippen molar-refractivity contribution in [1.29, 1.82) is 0 Å². The average molecular weight is 340 g/mol. The number of aromatic nitrogens is 4. The molecule has 3 heterocycles. The normalized spacial score (nSPS) is 18.3. The Bertz CT molecular complexity index is 765. The van der Waals surface area contributed by atoms with E-state index in [9.17, 15) is 4.79 Å². The third-order valence-corrected chi connectivity index (χ3v) is 5.12.